The Balaban J connectivity index is 2.07. The predicted molar refractivity (Wildman–Crippen MR) is 67.7 cm³/mol. The summed E-state index contributed by atoms with van der Waals surface area (Å²) < 4.78 is 17.8. The summed E-state index contributed by atoms with van der Waals surface area (Å²) in [5, 5.41) is 12.7. The number of amides is 1. The molecule has 0 unspecified atom stereocenters. The number of carbonyl (C=O) groups is 1. The van der Waals surface area contributed by atoms with Crippen molar-refractivity contribution in [1.82, 2.24) is 10.2 Å². The average Bonchev–Trinajstić information content (AvgIpc) is 2.43. The molecule has 0 spiro atoms. The van der Waals surface area contributed by atoms with E-state index in [4.69, 9.17) is 0 Å². The number of aromatic nitrogens is 2. The third-order valence-corrected chi connectivity index (χ3v) is 2.22. The molecule has 1 amide bonds. The van der Waals surface area contributed by atoms with Gasteiger partial charge in [0.15, 0.2) is 11.6 Å². The van der Waals surface area contributed by atoms with Gasteiger partial charge in [-0.15, -0.1) is 10.2 Å². The third kappa shape index (κ3) is 3.38. The summed E-state index contributed by atoms with van der Waals surface area (Å²) in [6.45, 7) is 0. The molecule has 1 aromatic carbocycles. The van der Waals surface area contributed by atoms with Crippen LogP contribution in [0.4, 0.5) is 26.5 Å². The molecule has 1 heterocycles. The number of hydrogen-bond acceptors (Lipinski definition) is 5. The maximum absolute atomic E-state index is 13.4. The quantitative estimate of drug-likeness (QED) is 0.888. The number of benzene rings is 1. The summed E-state index contributed by atoms with van der Waals surface area (Å²) >= 11 is 0. The van der Waals surface area contributed by atoms with E-state index < -0.39 is 6.09 Å². The first kappa shape index (κ1) is 12.7. The Morgan fingerprint density at radius 3 is 2.47 bits per heavy atom. The zero-order valence-corrected chi connectivity index (χ0v) is 10.1. The molecule has 0 radical (unpaired) electrons. The van der Waals surface area contributed by atoms with Crippen LogP contribution in [0.3, 0.4) is 0 Å². The average molecular weight is 262 g/mol. The van der Waals surface area contributed by atoms with Gasteiger partial charge in [-0.05, 0) is 24.3 Å². The highest BCUT2D eigenvalue weighted by Gasteiger charge is 2.04. The number of anilines is 3. The van der Waals surface area contributed by atoms with Crippen molar-refractivity contribution in [3.8, 4) is 0 Å². The van der Waals surface area contributed by atoms with E-state index in [1.807, 2.05) is 0 Å². The number of hydrogen-bond donors (Lipinski definition) is 2. The SMILES string of the molecule is COC(=O)Nc1ccc(Nc2ccccc2F)nn1. The van der Waals surface area contributed by atoms with Gasteiger partial charge < -0.3 is 10.1 Å². The van der Waals surface area contributed by atoms with Crippen molar-refractivity contribution in [2.24, 2.45) is 0 Å². The van der Waals surface area contributed by atoms with Crippen LogP contribution in [0.25, 0.3) is 0 Å². The number of para-hydroxylation sites is 1. The van der Waals surface area contributed by atoms with Crippen molar-refractivity contribution in [2.45, 2.75) is 0 Å². The van der Waals surface area contributed by atoms with Gasteiger partial charge in [0.1, 0.15) is 5.82 Å². The minimum absolute atomic E-state index is 0.242. The Kier molecular flexibility index (Phi) is 3.87. The van der Waals surface area contributed by atoms with Crippen LogP contribution in [-0.4, -0.2) is 23.4 Å². The number of carbonyl (C=O) groups excluding carboxylic acids is 1. The monoisotopic (exact) mass is 262 g/mol. The maximum Gasteiger partial charge on any atom is 0.412 e. The van der Waals surface area contributed by atoms with Gasteiger partial charge in [-0.25, -0.2) is 9.18 Å². The standard InChI is InChI=1S/C12H11FN4O2/c1-19-12(18)15-11-7-6-10(16-17-11)14-9-5-3-2-4-8(9)13/h2-7H,1H3,(H,14,16)(H,15,17,18). The zero-order valence-electron chi connectivity index (χ0n) is 10.1. The van der Waals surface area contributed by atoms with Gasteiger partial charge in [0.25, 0.3) is 0 Å². The van der Waals surface area contributed by atoms with Crippen LogP contribution in [0.15, 0.2) is 36.4 Å². The fraction of sp³-hybridized carbons (Fsp3) is 0.0833. The lowest BCUT2D eigenvalue weighted by Gasteiger charge is -2.06. The van der Waals surface area contributed by atoms with Gasteiger partial charge in [-0.2, -0.15) is 0 Å². The van der Waals surface area contributed by atoms with Gasteiger partial charge in [0.05, 0.1) is 12.8 Å². The van der Waals surface area contributed by atoms with Crippen molar-refractivity contribution in [2.75, 3.05) is 17.7 Å². The Hall–Kier alpha value is -2.70. The van der Waals surface area contributed by atoms with E-state index in [1.54, 1.807) is 24.3 Å². The number of methoxy groups -OCH3 is 1. The van der Waals surface area contributed by atoms with E-state index in [1.165, 1.54) is 19.2 Å². The van der Waals surface area contributed by atoms with E-state index in [2.05, 4.69) is 25.6 Å². The lowest BCUT2D eigenvalue weighted by atomic mass is 10.3. The molecule has 2 aromatic rings. The Morgan fingerprint density at radius 1 is 1.16 bits per heavy atom. The topological polar surface area (TPSA) is 76.1 Å². The fourth-order valence-electron chi connectivity index (χ4n) is 1.32. The highest BCUT2D eigenvalue weighted by atomic mass is 19.1. The van der Waals surface area contributed by atoms with Crippen molar-refractivity contribution >= 4 is 23.4 Å². The van der Waals surface area contributed by atoms with Crippen LogP contribution >= 0.6 is 0 Å². The van der Waals surface area contributed by atoms with E-state index in [0.29, 0.717) is 11.5 Å². The molecule has 7 heteroatoms. The van der Waals surface area contributed by atoms with Crippen LogP contribution < -0.4 is 10.6 Å². The molecular formula is C12H11FN4O2. The second kappa shape index (κ2) is 5.76. The third-order valence-electron chi connectivity index (χ3n) is 2.22. The van der Waals surface area contributed by atoms with Crippen LogP contribution in [0.5, 0.6) is 0 Å². The lowest BCUT2D eigenvalue weighted by Crippen LogP contribution is -2.12. The first-order chi connectivity index (χ1) is 9.19. The molecule has 1 aromatic heterocycles. The first-order valence-corrected chi connectivity index (χ1v) is 5.39. The molecule has 2 N–H and O–H groups in total. The van der Waals surface area contributed by atoms with Crippen LogP contribution in [-0.2, 0) is 4.74 Å². The lowest BCUT2D eigenvalue weighted by molar-refractivity contribution is 0.187. The number of ether oxygens (including phenoxy) is 1. The molecule has 0 saturated carbocycles. The zero-order chi connectivity index (χ0) is 13.7. The Bertz CT molecular complexity index is 574. The number of nitrogens with zero attached hydrogens (tertiary/aromatic N) is 2. The molecule has 6 nitrogen and oxygen atoms in total. The van der Waals surface area contributed by atoms with Gasteiger partial charge >= 0.3 is 6.09 Å². The molecule has 0 aliphatic carbocycles. The normalized spacial score (nSPS) is 9.79. The highest BCUT2D eigenvalue weighted by Crippen LogP contribution is 2.17. The smallest absolute Gasteiger partial charge is 0.412 e. The molecule has 0 fully saturated rings. The van der Waals surface area contributed by atoms with Crippen LogP contribution in [0.2, 0.25) is 0 Å². The van der Waals surface area contributed by atoms with Gasteiger partial charge in [-0.1, -0.05) is 12.1 Å². The fourth-order valence-corrected chi connectivity index (χ4v) is 1.32. The first-order valence-electron chi connectivity index (χ1n) is 5.39. The summed E-state index contributed by atoms with van der Waals surface area (Å²) in [7, 11) is 1.25. The molecule has 0 saturated heterocycles. The molecule has 0 aliphatic heterocycles. The minimum Gasteiger partial charge on any atom is -0.453 e. The molecule has 98 valence electrons. The van der Waals surface area contributed by atoms with Gasteiger partial charge in [0.2, 0.25) is 0 Å². The Labute approximate surface area is 108 Å². The molecule has 2 rings (SSSR count). The number of nitrogens with one attached hydrogen (secondary N) is 2. The predicted octanol–water partition coefficient (Wildman–Crippen LogP) is 2.54. The summed E-state index contributed by atoms with van der Waals surface area (Å²) in [5.74, 6) is 0.215. The van der Waals surface area contributed by atoms with Crippen molar-refractivity contribution in [3.63, 3.8) is 0 Å². The molecular weight excluding hydrogens is 251 g/mol. The van der Waals surface area contributed by atoms with Crippen LogP contribution in [0.1, 0.15) is 0 Å². The van der Waals surface area contributed by atoms with Gasteiger partial charge in [-0.3, -0.25) is 5.32 Å². The summed E-state index contributed by atoms with van der Waals surface area (Å²) in [5.41, 5.74) is 0.297. The van der Waals surface area contributed by atoms with E-state index in [-0.39, 0.29) is 11.6 Å². The van der Waals surface area contributed by atoms with Crippen molar-refractivity contribution in [1.29, 1.82) is 0 Å². The number of rotatable bonds is 3. The highest BCUT2D eigenvalue weighted by molar-refractivity contribution is 5.83. The number of halogens is 1. The van der Waals surface area contributed by atoms with Crippen LogP contribution in [0, 0.1) is 5.82 Å². The largest absolute Gasteiger partial charge is 0.453 e. The second-order valence-corrected chi connectivity index (χ2v) is 3.53. The molecule has 19 heavy (non-hydrogen) atoms. The second-order valence-electron chi connectivity index (χ2n) is 3.53. The van der Waals surface area contributed by atoms with Crippen molar-refractivity contribution < 1.29 is 13.9 Å². The summed E-state index contributed by atoms with van der Waals surface area (Å²) in [6, 6.07) is 9.29. The molecule has 0 bridgehead atoms. The summed E-state index contributed by atoms with van der Waals surface area (Å²) in [6.07, 6.45) is -0.635. The van der Waals surface area contributed by atoms with E-state index in [0.717, 1.165) is 0 Å². The Morgan fingerprint density at radius 2 is 1.84 bits per heavy atom. The van der Waals surface area contributed by atoms with Crippen molar-refractivity contribution in [3.05, 3.63) is 42.2 Å². The van der Waals surface area contributed by atoms with E-state index >= 15 is 0 Å². The van der Waals surface area contributed by atoms with Gasteiger partial charge in [0, 0.05) is 0 Å². The maximum atomic E-state index is 13.4. The summed E-state index contributed by atoms with van der Waals surface area (Å²) in [4.78, 5) is 10.9. The minimum atomic E-state index is -0.635. The van der Waals surface area contributed by atoms with E-state index in [9.17, 15) is 9.18 Å². The molecule has 0 atom stereocenters. The molecule has 0 aliphatic rings.